The Morgan fingerprint density at radius 1 is 0.895 bits per heavy atom. The van der Waals surface area contributed by atoms with Crippen molar-refractivity contribution in [2.75, 3.05) is 6.54 Å². The maximum Gasteiger partial charge on any atom is 0.0124 e. The van der Waals surface area contributed by atoms with Crippen LogP contribution in [0.1, 0.15) is 65.7 Å². The molecule has 1 heteroatoms. The first-order chi connectivity index (χ1) is 9.19. The van der Waals surface area contributed by atoms with Gasteiger partial charge in [0.1, 0.15) is 0 Å². The van der Waals surface area contributed by atoms with E-state index in [0.29, 0.717) is 0 Å². The van der Waals surface area contributed by atoms with E-state index in [9.17, 15) is 0 Å². The third-order valence-electron chi connectivity index (χ3n) is 6.56. The average molecular weight is 263 g/mol. The molecule has 0 spiro atoms. The highest BCUT2D eigenvalue weighted by molar-refractivity contribution is 5.01. The van der Waals surface area contributed by atoms with Crippen LogP contribution < -0.4 is 5.32 Å². The molecular weight excluding hydrogens is 230 g/mol. The summed E-state index contributed by atoms with van der Waals surface area (Å²) in [6.45, 7) is 8.48. The average Bonchev–Trinajstić information content (AvgIpc) is 3.01. The summed E-state index contributed by atoms with van der Waals surface area (Å²) in [6, 6.07) is 0.850. The first-order valence-corrected chi connectivity index (χ1v) is 8.92. The summed E-state index contributed by atoms with van der Waals surface area (Å²) >= 11 is 0. The van der Waals surface area contributed by atoms with Gasteiger partial charge in [0.25, 0.3) is 0 Å². The van der Waals surface area contributed by atoms with Crippen LogP contribution in [0.4, 0.5) is 0 Å². The topological polar surface area (TPSA) is 12.0 Å². The molecule has 0 heterocycles. The Morgan fingerprint density at radius 3 is 2.26 bits per heavy atom. The minimum absolute atomic E-state index is 0.850. The highest BCUT2D eigenvalue weighted by Gasteiger charge is 2.49. The van der Waals surface area contributed by atoms with Crippen LogP contribution in [0.15, 0.2) is 0 Å². The zero-order valence-electron chi connectivity index (χ0n) is 13.2. The van der Waals surface area contributed by atoms with Gasteiger partial charge < -0.3 is 5.32 Å². The lowest BCUT2D eigenvalue weighted by molar-refractivity contribution is 0.137. The fraction of sp³-hybridized carbons (Fsp3) is 1.00. The molecule has 1 N–H and O–H groups in total. The Labute approximate surface area is 119 Å². The number of hydrogen-bond acceptors (Lipinski definition) is 1. The quantitative estimate of drug-likeness (QED) is 0.771. The molecule has 6 atom stereocenters. The summed E-state index contributed by atoms with van der Waals surface area (Å²) in [6.07, 6.45) is 10.4. The van der Waals surface area contributed by atoms with Crippen molar-refractivity contribution in [3.05, 3.63) is 0 Å². The molecule has 3 aliphatic carbocycles. The van der Waals surface area contributed by atoms with Crippen molar-refractivity contribution >= 4 is 0 Å². The molecular formula is C18H33N. The summed E-state index contributed by atoms with van der Waals surface area (Å²) in [5.74, 6) is 6.16. The van der Waals surface area contributed by atoms with E-state index in [-0.39, 0.29) is 0 Å². The van der Waals surface area contributed by atoms with Gasteiger partial charge in [0.2, 0.25) is 0 Å². The predicted molar refractivity (Wildman–Crippen MR) is 82.1 cm³/mol. The van der Waals surface area contributed by atoms with Gasteiger partial charge in [-0.25, -0.2) is 0 Å². The van der Waals surface area contributed by atoms with E-state index in [2.05, 4.69) is 26.1 Å². The van der Waals surface area contributed by atoms with E-state index in [1.54, 1.807) is 19.3 Å². The van der Waals surface area contributed by atoms with Crippen LogP contribution in [-0.2, 0) is 0 Å². The van der Waals surface area contributed by atoms with Crippen molar-refractivity contribution in [3.63, 3.8) is 0 Å². The van der Waals surface area contributed by atoms with Crippen LogP contribution >= 0.6 is 0 Å². The van der Waals surface area contributed by atoms with Crippen molar-refractivity contribution in [1.82, 2.24) is 5.32 Å². The van der Waals surface area contributed by atoms with E-state index >= 15 is 0 Å². The van der Waals surface area contributed by atoms with Gasteiger partial charge in [-0.15, -0.1) is 0 Å². The second-order valence-electron chi connectivity index (χ2n) is 7.99. The lowest BCUT2D eigenvalue weighted by atomic mass is 9.70. The number of nitrogens with one attached hydrogen (secondary N) is 1. The molecule has 0 aromatic carbocycles. The third kappa shape index (κ3) is 3.01. The van der Waals surface area contributed by atoms with Crippen LogP contribution in [0, 0.1) is 35.5 Å². The lowest BCUT2D eigenvalue weighted by Gasteiger charge is -2.40. The van der Waals surface area contributed by atoms with E-state index in [1.807, 2.05) is 0 Å². The molecule has 1 nitrogen and oxygen atoms in total. The van der Waals surface area contributed by atoms with Crippen molar-refractivity contribution in [2.24, 2.45) is 35.5 Å². The maximum absolute atomic E-state index is 3.96. The molecule has 0 bridgehead atoms. The van der Waals surface area contributed by atoms with Crippen molar-refractivity contribution in [1.29, 1.82) is 0 Å². The Balaban J connectivity index is 1.61. The summed E-state index contributed by atoms with van der Waals surface area (Å²) in [5.41, 5.74) is 0. The van der Waals surface area contributed by atoms with Gasteiger partial charge in [-0.05, 0) is 80.6 Å². The first kappa shape index (κ1) is 13.9. The van der Waals surface area contributed by atoms with Gasteiger partial charge in [0.15, 0.2) is 0 Å². The van der Waals surface area contributed by atoms with Crippen LogP contribution in [0.25, 0.3) is 0 Å². The molecule has 110 valence electrons. The maximum atomic E-state index is 3.96. The standard InChI is InChI=1S/C18H33N/c1-4-7-19-18(17-10-15-9-16(15)11-17)14-6-5-12(2)13(3)8-14/h12-19H,4-11H2,1-3H3. The van der Waals surface area contributed by atoms with Crippen molar-refractivity contribution in [2.45, 2.75) is 71.8 Å². The van der Waals surface area contributed by atoms with E-state index in [0.717, 1.165) is 41.5 Å². The largest absolute Gasteiger partial charge is 0.313 e. The minimum Gasteiger partial charge on any atom is -0.313 e. The number of hydrogen-bond donors (Lipinski definition) is 1. The lowest BCUT2D eigenvalue weighted by Crippen LogP contribution is -2.44. The van der Waals surface area contributed by atoms with Gasteiger partial charge in [0.05, 0.1) is 0 Å². The summed E-state index contributed by atoms with van der Waals surface area (Å²) in [5, 5.41) is 3.96. The first-order valence-electron chi connectivity index (χ1n) is 8.92. The molecule has 3 aliphatic rings. The van der Waals surface area contributed by atoms with Crippen LogP contribution in [0.2, 0.25) is 0 Å². The smallest absolute Gasteiger partial charge is 0.0124 e. The summed E-state index contributed by atoms with van der Waals surface area (Å²) < 4.78 is 0. The van der Waals surface area contributed by atoms with Gasteiger partial charge in [-0.2, -0.15) is 0 Å². The normalized spacial score (nSPS) is 46.9. The SMILES string of the molecule is CCCNC(C1CCC(C)C(C)C1)C1CC2CC2C1. The fourth-order valence-electron chi connectivity index (χ4n) is 5.00. The molecule has 3 saturated carbocycles. The van der Waals surface area contributed by atoms with Crippen LogP contribution in [0.5, 0.6) is 0 Å². The number of fused-ring (bicyclic) bond motifs is 1. The molecule has 0 amide bonds. The Kier molecular flexibility index (Phi) is 4.22. The summed E-state index contributed by atoms with van der Waals surface area (Å²) in [4.78, 5) is 0. The Bertz CT molecular complexity index is 290. The highest BCUT2D eigenvalue weighted by atomic mass is 14.9. The molecule has 3 rings (SSSR count). The van der Waals surface area contributed by atoms with Crippen LogP contribution in [0.3, 0.4) is 0 Å². The summed E-state index contributed by atoms with van der Waals surface area (Å²) in [7, 11) is 0. The molecule has 0 radical (unpaired) electrons. The van der Waals surface area contributed by atoms with E-state index in [4.69, 9.17) is 0 Å². The van der Waals surface area contributed by atoms with Gasteiger partial charge in [-0.1, -0.05) is 27.2 Å². The third-order valence-corrected chi connectivity index (χ3v) is 6.56. The molecule has 19 heavy (non-hydrogen) atoms. The van der Waals surface area contributed by atoms with Gasteiger partial charge >= 0.3 is 0 Å². The van der Waals surface area contributed by atoms with E-state index in [1.165, 1.54) is 32.2 Å². The predicted octanol–water partition coefficient (Wildman–Crippen LogP) is 4.47. The Morgan fingerprint density at radius 2 is 1.63 bits per heavy atom. The van der Waals surface area contributed by atoms with Crippen molar-refractivity contribution in [3.8, 4) is 0 Å². The molecule has 0 saturated heterocycles. The van der Waals surface area contributed by atoms with Gasteiger partial charge in [-0.3, -0.25) is 0 Å². The number of rotatable bonds is 5. The molecule has 3 fully saturated rings. The second kappa shape index (κ2) is 5.76. The minimum atomic E-state index is 0.850. The fourth-order valence-corrected chi connectivity index (χ4v) is 5.00. The Hall–Kier alpha value is -0.0400. The van der Waals surface area contributed by atoms with Crippen LogP contribution in [-0.4, -0.2) is 12.6 Å². The van der Waals surface area contributed by atoms with Crippen molar-refractivity contribution < 1.29 is 0 Å². The van der Waals surface area contributed by atoms with Gasteiger partial charge in [0, 0.05) is 6.04 Å². The zero-order chi connectivity index (χ0) is 13.4. The van der Waals surface area contributed by atoms with E-state index < -0.39 is 0 Å². The second-order valence-corrected chi connectivity index (χ2v) is 7.99. The molecule has 0 aromatic rings. The zero-order valence-corrected chi connectivity index (χ0v) is 13.2. The molecule has 0 aromatic heterocycles. The molecule has 0 aliphatic heterocycles. The highest BCUT2D eigenvalue weighted by Crippen LogP contribution is 2.56. The monoisotopic (exact) mass is 263 g/mol. The molecule has 6 unspecified atom stereocenters.